The minimum atomic E-state index is 0.0170. The maximum atomic E-state index is 11.9. The van der Waals surface area contributed by atoms with E-state index in [2.05, 4.69) is 5.32 Å². The molecule has 0 atom stereocenters. The summed E-state index contributed by atoms with van der Waals surface area (Å²) in [5, 5.41) is 3.31. The topological polar surface area (TPSA) is 41.6 Å². The third kappa shape index (κ3) is 2.17. The van der Waals surface area contributed by atoms with Gasteiger partial charge in [-0.05, 0) is 12.1 Å². The standard InChI is InChI=1S/C12H16N2O2/c1-14(2)12(15)10-5-3-4-6-11(10)13-9-7-16-8-9/h3-6,9,13H,7-8H2,1-2H3. The van der Waals surface area contributed by atoms with Gasteiger partial charge < -0.3 is 15.0 Å². The van der Waals surface area contributed by atoms with Crippen molar-refractivity contribution in [2.75, 3.05) is 32.6 Å². The number of anilines is 1. The number of amides is 1. The molecule has 4 heteroatoms. The van der Waals surface area contributed by atoms with Crippen LogP contribution in [0.5, 0.6) is 0 Å². The van der Waals surface area contributed by atoms with Crippen molar-refractivity contribution in [2.45, 2.75) is 6.04 Å². The highest BCUT2D eigenvalue weighted by Crippen LogP contribution is 2.19. The molecule has 1 aliphatic heterocycles. The van der Waals surface area contributed by atoms with Gasteiger partial charge in [0.05, 0.1) is 24.8 Å². The predicted molar refractivity (Wildman–Crippen MR) is 62.7 cm³/mol. The number of rotatable bonds is 3. The van der Waals surface area contributed by atoms with Crippen molar-refractivity contribution in [3.8, 4) is 0 Å². The molecule has 0 bridgehead atoms. The zero-order chi connectivity index (χ0) is 11.5. The molecule has 0 spiro atoms. The predicted octanol–water partition coefficient (Wildman–Crippen LogP) is 1.20. The molecule has 1 amide bonds. The van der Waals surface area contributed by atoms with E-state index in [0.29, 0.717) is 24.8 Å². The lowest BCUT2D eigenvalue weighted by Gasteiger charge is -2.28. The fraction of sp³-hybridized carbons (Fsp3) is 0.417. The van der Waals surface area contributed by atoms with E-state index in [1.807, 2.05) is 24.3 Å². The zero-order valence-electron chi connectivity index (χ0n) is 9.56. The highest BCUT2D eigenvalue weighted by molar-refractivity contribution is 5.99. The Morgan fingerprint density at radius 1 is 1.38 bits per heavy atom. The summed E-state index contributed by atoms with van der Waals surface area (Å²) in [6.07, 6.45) is 0. The molecule has 0 radical (unpaired) electrons. The van der Waals surface area contributed by atoms with Gasteiger partial charge in [0.2, 0.25) is 0 Å². The maximum Gasteiger partial charge on any atom is 0.255 e. The Morgan fingerprint density at radius 3 is 2.62 bits per heavy atom. The van der Waals surface area contributed by atoms with Crippen LogP contribution in [0.2, 0.25) is 0 Å². The smallest absolute Gasteiger partial charge is 0.255 e. The summed E-state index contributed by atoms with van der Waals surface area (Å²) in [6, 6.07) is 7.89. The number of nitrogens with zero attached hydrogens (tertiary/aromatic N) is 1. The van der Waals surface area contributed by atoms with Crippen LogP contribution < -0.4 is 5.32 Å². The summed E-state index contributed by atoms with van der Waals surface area (Å²) >= 11 is 0. The van der Waals surface area contributed by atoms with E-state index >= 15 is 0 Å². The molecular formula is C12H16N2O2. The van der Waals surface area contributed by atoms with Gasteiger partial charge in [-0.1, -0.05) is 12.1 Å². The van der Waals surface area contributed by atoms with Crippen molar-refractivity contribution in [1.82, 2.24) is 4.90 Å². The molecule has 0 aliphatic carbocycles. The molecule has 1 aromatic carbocycles. The molecule has 1 aliphatic rings. The molecule has 0 saturated carbocycles. The number of benzene rings is 1. The lowest BCUT2D eigenvalue weighted by atomic mass is 10.1. The number of ether oxygens (including phenoxy) is 1. The highest BCUT2D eigenvalue weighted by Gasteiger charge is 2.20. The molecule has 2 rings (SSSR count). The molecule has 86 valence electrons. The lowest BCUT2D eigenvalue weighted by Crippen LogP contribution is -2.40. The molecule has 1 aromatic rings. The van der Waals surface area contributed by atoms with Gasteiger partial charge in [0.15, 0.2) is 0 Å². The second-order valence-electron chi connectivity index (χ2n) is 4.12. The third-order valence-electron chi connectivity index (χ3n) is 2.56. The van der Waals surface area contributed by atoms with Crippen LogP contribution in [0.4, 0.5) is 5.69 Å². The van der Waals surface area contributed by atoms with Crippen molar-refractivity contribution in [1.29, 1.82) is 0 Å². The van der Waals surface area contributed by atoms with Gasteiger partial charge in [0.25, 0.3) is 5.91 Å². The molecule has 1 N–H and O–H groups in total. The summed E-state index contributed by atoms with van der Waals surface area (Å²) in [7, 11) is 3.51. The molecule has 0 unspecified atom stereocenters. The summed E-state index contributed by atoms with van der Waals surface area (Å²) in [5.74, 6) is 0.0170. The quantitative estimate of drug-likeness (QED) is 0.832. The molecular weight excluding hydrogens is 204 g/mol. The third-order valence-corrected chi connectivity index (χ3v) is 2.56. The van der Waals surface area contributed by atoms with E-state index in [1.165, 1.54) is 0 Å². The summed E-state index contributed by atoms with van der Waals surface area (Å²) < 4.78 is 5.10. The first kappa shape index (κ1) is 11.0. The van der Waals surface area contributed by atoms with E-state index in [9.17, 15) is 4.79 Å². The van der Waals surface area contributed by atoms with E-state index in [-0.39, 0.29) is 5.91 Å². The van der Waals surface area contributed by atoms with Crippen LogP contribution in [0.15, 0.2) is 24.3 Å². The number of carbonyl (C=O) groups excluding carboxylic acids is 1. The van der Waals surface area contributed by atoms with Gasteiger partial charge in [-0.3, -0.25) is 4.79 Å². The van der Waals surface area contributed by atoms with Gasteiger partial charge >= 0.3 is 0 Å². The van der Waals surface area contributed by atoms with Crippen LogP contribution in [-0.2, 0) is 4.74 Å². The maximum absolute atomic E-state index is 11.9. The largest absolute Gasteiger partial charge is 0.377 e. The van der Waals surface area contributed by atoms with Gasteiger partial charge in [-0.2, -0.15) is 0 Å². The Morgan fingerprint density at radius 2 is 2.06 bits per heavy atom. The summed E-state index contributed by atoms with van der Waals surface area (Å²) in [4.78, 5) is 13.5. The van der Waals surface area contributed by atoms with Crippen molar-refractivity contribution in [3.63, 3.8) is 0 Å². The van der Waals surface area contributed by atoms with Crippen LogP contribution >= 0.6 is 0 Å². The number of para-hydroxylation sites is 1. The summed E-state index contributed by atoms with van der Waals surface area (Å²) in [5.41, 5.74) is 1.59. The number of hydrogen-bond acceptors (Lipinski definition) is 3. The van der Waals surface area contributed by atoms with E-state index < -0.39 is 0 Å². The Hall–Kier alpha value is -1.55. The van der Waals surface area contributed by atoms with E-state index in [4.69, 9.17) is 4.74 Å². The van der Waals surface area contributed by atoms with Crippen LogP contribution in [0.25, 0.3) is 0 Å². The average molecular weight is 220 g/mol. The number of carbonyl (C=O) groups is 1. The molecule has 1 heterocycles. The van der Waals surface area contributed by atoms with Gasteiger partial charge in [0, 0.05) is 19.8 Å². The van der Waals surface area contributed by atoms with Crippen molar-refractivity contribution >= 4 is 11.6 Å². The monoisotopic (exact) mass is 220 g/mol. The van der Waals surface area contributed by atoms with Crippen molar-refractivity contribution in [3.05, 3.63) is 29.8 Å². The van der Waals surface area contributed by atoms with Crippen LogP contribution in [0.3, 0.4) is 0 Å². The zero-order valence-corrected chi connectivity index (χ0v) is 9.56. The Balaban J connectivity index is 2.19. The minimum absolute atomic E-state index is 0.0170. The average Bonchev–Trinajstić information content (AvgIpc) is 2.23. The first-order chi connectivity index (χ1) is 7.68. The lowest BCUT2D eigenvalue weighted by molar-refractivity contribution is 0.0210. The minimum Gasteiger partial charge on any atom is -0.377 e. The van der Waals surface area contributed by atoms with Gasteiger partial charge in [-0.15, -0.1) is 0 Å². The Labute approximate surface area is 95.2 Å². The second-order valence-corrected chi connectivity index (χ2v) is 4.12. The van der Waals surface area contributed by atoms with Gasteiger partial charge in [0.1, 0.15) is 0 Å². The summed E-state index contributed by atoms with van der Waals surface area (Å²) in [6.45, 7) is 1.43. The molecule has 1 saturated heterocycles. The highest BCUT2D eigenvalue weighted by atomic mass is 16.5. The van der Waals surface area contributed by atoms with Crippen LogP contribution in [-0.4, -0.2) is 44.2 Å². The first-order valence-electron chi connectivity index (χ1n) is 5.33. The fourth-order valence-corrected chi connectivity index (χ4v) is 1.58. The second kappa shape index (κ2) is 4.53. The van der Waals surface area contributed by atoms with Crippen molar-refractivity contribution in [2.24, 2.45) is 0 Å². The Bertz CT molecular complexity index is 386. The van der Waals surface area contributed by atoms with Crippen molar-refractivity contribution < 1.29 is 9.53 Å². The molecule has 16 heavy (non-hydrogen) atoms. The molecule has 4 nitrogen and oxygen atoms in total. The normalized spacial score (nSPS) is 15.4. The molecule has 0 aromatic heterocycles. The Kier molecular flexibility index (Phi) is 3.10. The first-order valence-corrected chi connectivity index (χ1v) is 5.33. The van der Waals surface area contributed by atoms with Crippen LogP contribution in [0.1, 0.15) is 10.4 Å². The van der Waals surface area contributed by atoms with Crippen LogP contribution in [0, 0.1) is 0 Å². The van der Waals surface area contributed by atoms with E-state index in [1.54, 1.807) is 19.0 Å². The number of hydrogen-bond donors (Lipinski definition) is 1. The van der Waals surface area contributed by atoms with Gasteiger partial charge in [-0.25, -0.2) is 0 Å². The van der Waals surface area contributed by atoms with E-state index in [0.717, 1.165) is 5.69 Å². The number of nitrogens with one attached hydrogen (secondary N) is 1. The SMILES string of the molecule is CN(C)C(=O)c1ccccc1NC1COC1. The fourth-order valence-electron chi connectivity index (χ4n) is 1.58. The molecule has 1 fully saturated rings.